The summed E-state index contributed by atoms with van der Waals surface area (Å²) in [6.45, 7) is 7.96. The van der Waals surface area contributed by atoms with Crippen molar-refractivity contribution < 1.29 is 17.9 Å². The van der Waals surface area contributed by atoms with Gasteiger partial charge in [-0.05, 0) is 47.6 Å². The molecule has 0 spiro atoms. The van der Waals surface area contributed by atoms with Crippen LogP contribution in [0.3, 0.4) is 0 Å². The Labute approximate surface area is 205 Å². The Balaban J connectivity index is 1.43. The van der Waals surface area contributed by atoms with Crippen LogP contribution < -0.4 is 10.1 Å². The van der Waals surface area contributed by atoms with Crippen molar-refractivity contribution in [3.8, 4) is 5.75 Å². The molecule has 3 rings (SSSR count). The van der Waals surface area contributed by atoms with Gasteiger partial charge >= 0.3 is 0 Å². The lowest BCUT2D eigenvalue weighted by atomic mass is 9.86. The average molecular weight is 538 g/mol. The number of carbonyl (C=O) groups excluding carboxylic acids is 1. The van der Waals surface area contributed by atoms with Crippen LogP contribution in [-0.2, 0) is 26.0 Å². The van der Waals surface area contributed by atoms with Gasteiger partial charge in [-0.1, -0.05) is 67.0 Å². The van der Waals surface area contributed by atoms with Crippen molar-refractivity contribution in [1.82, 2.24) is 9.62 Å². The second-order valence-corrected chi connectivity index (χ2v) is 12.3. The summed E-state index contributed by atoms with van der Waals surface area (Å²) in [4.78, 5) is 12.6. The molecular weight excluding hydrogens is 504 g/mol. The van der Waals surface area contributed by atoms with Crippen LogP contribution in [0.4, 0.5) is 0 Å². The van der Waals surface area contributed by atoms with E-state index in [2.05, 4.69) is 48.1 Å². The smallest absolute Gasteiger partial charge is 0.223 e. The highest BCUT2D eigenvalue weighted by Gasteiger charge is 2.31. The Bertz CT molecular complexity index is 1040. The van der Waals surface area contributed by atoms with E-state index in [0.717, 1.165) is 21.3 Å². The first-order chi connectivity index (χ1) is 15.6. The standard InChI is InChI=1S/C25H33BrN2O4S/c1-25(2,3)22-6-4-5-7-23(22)32-17-14-27-24(29)20-12-15-28(16-13-20)33(30,31)18-19-8-10-21(26)11-9-19/h4-11,20H,12-18H2,1-3H3,(H,27,29). The molecule has 0 radical (unpaired) electrons. The van der Waals surface area contributed by atoms with Crippen molar-refractivity contribution in [2.75, 3.05) is 26.2 Å². The molecule has 1 saturated heterocycles. The van der Waals surface area contributed by atoms with Crippen LogP contribution in [0, 0.1) is 5.92 Å². The van der Waals surface area contributed by atoms with E-state index >= 15 is 0 Å². The maximum atomic E-state index is 12.8. The van der Waals surface area contributed by atoms with E-state index in [1.54, 1.807) is 0 Å². The minimum absolute atomic E-state index is 0.0223. The number of halogens is 1. The van der Waals surface area contributed by atoms with E-state index in [-0.39, 0.29) is 23.0 Å². The fourth-order valence-corrected chi connectivity index (χ4v) is 5.80. The van der Waals surface area contributed by atoms with Crippen LogP contribution in [0.2, 0.25) is 0 Å². The first-order valence-corrected chi connectivity index (χ1v) is 13.7. The highest BCUT2D eigenvalue weighted by atomic mass is 79.9. The molecule has 0 bridgehead atoms. The van der Waals surface area contributed by atoms with Crippen LogP contribution in [0.15, 0.2) is 53.0 Å². The summed E-state index contributed by atoms with van der Waals surface area (Å²) in [7, 11) is -3.40. The molecule has 2 aromatic rings. The zero-order chi connectivity index (χ0) is 24.1. The third-order valence-electron chi connectivity index (χ3n) is 5.83. The molecule has 0 aliphatic carbocycles. The van der Waals surface area contributed by atoms with E-state index in [0.29, 0.717) is 39.1 Å². The number of carbonyl (C=O) groups is 1. The number of hydrogen-bond acceptors (Lipinski definition) is 4. The zero-order valence-corrected chi connectivity index (χ0v) is 21.9. The van der Waals surface area contributed by atoms with Gasteiger partial charge in [-0.25, -0.2) is 12.7 Å². The Morgan fingerprint density at radius 2 is 1.73 bits per heavy atom. The number of hydrogen-bond donors (Lipinski definition) is 1. The first-order valence-electron chi connectivity index (χ1n) is 11.3. The molecule has 1 aliphatic rings. The van der Waals surface area contributed by atoms with E-state index in [9.17, 15) is 13.2 Å². The van der Waals surface area contributed by atoms with Crippen molar-refractivity contribution >= 4 is 31.9 Å². The van der Waals surface area contributed by atoms with Crippen molar-refractivity contribution in [3.63, 3.8) is 0 Å². The van der Waals surface area contributed by atoms with Gasteiger partial charge in [-0.2, -0.15) is 0 Å². The third kappa shape index (κ3) is 7.29. The number of rotatable bonds is 8. The molecule has 2 aromatic carbocycles. The molecule has 180 valence electrons. The predicted molar refractivity (Wildman–Crippen MR) is 135 cm³/mol. The summed E-state index contributed by atoms with van der Waals surface area (Å²) < 4.78 is 33.9. The van der Waals surface area contributed by atoms with Crippen LogP contribution >= 0.6 is 15.9 Å². The molecule has 33 heavy (non-hydrogen) atoms. The third-order valence-corrected chi connectivity index (χ3v) is 8.21. The Kier molecular flexibility index (Phi) is 8.59. The highest BCUT2D eigenvalue weighted by molar-refractivity contribution is 9.10. The second kappa shape index (κ2) is 11.0. The van der Waals surface area contributed by atoms with E-state index in [1.165, 1.54) is 4.31 Å². The fourth-order valence-electron chi connectivity index (χ4n) is 3.97. The van der Waals surface area contributed by atoms with Gasteiger partial charge in [-0.3, -0.25) is 4.79 Å². The molecule has 0 aromatic heterocycles. The molecule has 1 N–H and O–H groups in total. The summed E-state index contributed by atoms with van der Waals surface area (Å²) >= 11 is 3.36. The monoisotopic (exact) mass is 536 g/mol. The van der Waals surface area contributed by atoms with Crippen molar-refractivity contribution in [2.24, 2.45) is 5.92 Å². The van der Waals surface area contributed by atoms with Gasteiger partial charge < -0.3 is 10.1 Å². The van der Waals surface area contributed by atoms with Crippen LogP contribution in [-0.4, -0.2) is 44.9 Å². The lowest BCUT2D eigenvalue weighted by Crippen LogP contribution is -2.43. The molecule has 6 nitrogen and oxygen atoms in total. The van der Waals surface area contributed by atoms with Gasteiger partial charge in [-0.15, -0.1) is 0 Å². The van der Waals surface area contributed by atoms with Crippen molar-refractivity contribution in [2.45, 2.75) is 44.8 Å². The summed E-state index contributed by atoms with van der Waals surface area (Å²) in [5, 5.41) is 2.94. The number of nitrogens with zero attached hydrogens (tertiary/aromatic N) is 1. The number of benzene rings is 2. The summed E-state index contributed by atoms with van der Waals surface area (Å²) in [6, 6.07) is 15.3. The molecule has 0 saturated carbocycles. The fraction of sp³-hybridized carbons (Fsp3) is 0.480. The van der Waals surface area contributed by atoms with E-state index in [4.69, 9.17) is 4.74 Å². The summed E-state index contributed by atoms with van der Waals surface area (Å²) in [5.41, 5.74) is 1.87. The topological polar surface area (TPSA) is 75.7 Å². The molecule has 0 unspecified atom stereocenters. The Morgan fingerprint density at radius 1 is 1.09 bits per heavy atom. The van der Waals surface area contributed by atoms with Crippen molar-refractivity contribution in [1.29, 1.82) is 0 Å². The maximum Gasteiger partial charge on any atom is 0.223 e. The first kappa shape index (κ1) is 25.7. The number of piperidine rings is 1. The Morgan fingerprint density at radius 3 is 2.36 bits per heavy atom. The molecular formula is C25H33BrN2O4S. The minimum Gasteiger partial charge on any atom is -0.491 e. The lowest BCUT2D eigenvalue weighted by molar-refractivity contribution is -0.126. The zero-order valence-electron chi connectivity index (χ0n) is 19.5. The van der Waals surface area contributed by atoms with E-state index in [1.807, 2.05) is 42.5 Å². The molecule has 1 aliphatic heterocycles. The van der Waals surface area contributed by atoms with Crippen molar-refractivity contribution in [3.05, 3.63) is 64.1 Å². The second-order valence-electron chi connectivity index (χ2n) is 9.44. The van der Waals surface area contributed by atoms with Crippen LogP contribution in [0.5, 0.6) is 5.75 Å². The number of amides is 1. The SMILES string of the molecule is CC(C)(C)c1ccccc1OCCNC(=O)C1CCN(S(=O)(=O)Cc2ccc(Br)cc2)CC1. The number of para-hydroxylation sites is 1. The molecule has 1 amide bonds. The molecule has 8 heteroatoms. The normalized spacial score (nSPS) is 15.9. The van der Waals surface area contributed by atoms with Crippen LogP contribution in [0.1, 0.15) is 44.7 Å². The van der Waals surface area contributed by atoms with Gasteiger partial charge in [0, 0.05) is 23.5 Å². The van der Waals surface area contributed by atoms with Crippen LogP contribution in [0.25, 0.3) is 0 Å². The minimum atomic E-state index is -3.40. The number of ether oxygens (including phenoxy) is 1. The van der Waals surface area contributed by atoms with E-state index < -0.39 is 10.0 Å². The molecule has 1 heterocycles. The summed E-state index contributed by atoms with van der Waals surface area (Å²) in [6.07, 6.45) is 1.05. The lowest BCUT2D eigenvalue weighted by Gasteiger charge is -2.30. The number of nitrogens with one attached hydrogen (secondary N) is 1. The quantitative estimate of drug-likeness (QED) is 0.504. The predicted octanol–water partition coefficient (Wildman–Crippen LogP) is 4.48. The van der Waals surface area contributed by atoms with Gasteiger partial charge in [0.05, 0.1) is 12.3 Å². The highest BCUT2D eigenvalue weighted by Crippen LogP contribution is 2.30. The van der Waals surface area contributed by atoms with Gasteiger partial charge in [0.25, 0.3) is 0 Å². The van der Waals surface area contributed by atoms with Gasteiger partial charge in [0.15, 0.2) is 0 Å². The summed E-state index contributed by atoms with van der Waals surface area (Å²) in [5.74, 6) is 0.604. The largest absolute Gasteiger partial charge is 0.491 e. The van der Waals surface area contributed by atoms with Gasteiger partial charge in [0.2, 0.25) is 15.9 Å². The molecule has 1 fully saturated rings. The Hall–Kier alpha value is -1.90. The maximum absolute atomic E-state index is 12.8. The number of sulfonamides is 1. The van der Waals surface area contributed by atoms with Gasteiger partial charge in [0.1, 0.15) is 12.4 Å². The average Bonchev–Trinajstić information content (AvgIpc) is 2.78. The molecule has 0 atom stereocenters.